The van der Waals surface area contributed by atoms with Crippen LogP contribution in [-0.2, 0) is 6.42 Å². The quantitative estimate of drug-likeness (QED) is 0.580. The predicted octanol–water partition coefficient (Wildman–Crippen LogP) is 4.42. The molecular weight excluding hydrogens is 292 g/mol. The van der Waals surface area contributed by atoms with Gasteiger partial charge in [-0.2, -0.15) is 0 Å². The minimum atomic E-state index is 0.0971. The monoisotopic (exact) mass is 306 g/mol. The van der Waals surface area contributed by atoms with Gasteiger partial charge in [0.05, 0.1) is 5.69 Å². The number of phenols is 1. The smallest absolute Gasteiger partial charge is 0.175 e. The number of halogens is 1. The molecule has 0 bridgehead atoms. The van der Waals surface area contributed by atoms with Crippen LogP contribution in [0.15, 0.2) is 42.5 Å². The van der Waals surface area contributed by atoms with Gasteiger partial charge in [0.15, 0.2) is 5.11 Å². The predicted molar refractivity (Wildman–Crippen MR) is 88.8 cm³/mol. The number of rotatable bonds is 3. The van der Waals surface area contributed by atoms with Gasteiger partial charge in [0.25, 0.3) is 0 Å². The van der Waals surface area contributed by atoms with E-state index in [2.05, 4.69) is 17.6 Å². The molecule has 0 atom stereocenters. The number of benzene rings is 2. The summed E-state index contributed by atoms with van der Waals surface area (Å²) in [6.07, 6.45) is 0.999. The summed E-state index contributed by atoms with van der Waals surface area (Å²) >= 11 is 11.1. The summed E-state index contributed by atoms with van der Waals surface area (Å²) in [5.41, 5.74) is 2.63. The standard InChI is InChI=1S/C15H15ClN2OS/c1-2-10-3-6-12(7-4-10)17-15(20)18-13-9-11(16)5-8-14(13)19/h3-9,19H,2H2,1H3,(H2,17,18,20). The van der Waals surface area contributed by atoms with Crippen LogP contribution in [0.4, 0.5) is 11.4 Å². The Bertz CT molecular complexity index is 614. The molecule has 2 rings (SSSR count). The Morgan fingerprint density at radius 2 is 1.85 bits per heavy atom. The zero-order valence-electron chi connectivity index (χ0n) is 11.0. The fourth-order valence-corrected chi connectivity index (χ4v) is 2.12. The van der Waals surface area contributed by atoms with Crippen molar-refractivity contribution in [2.24, 2.45) is 0 Å². The van der Waals surface area contributed by atoms with Crippen molar-refractivity contribution >= 4 is 40.3 Å². The van der Waals surface area contributed by atoms with Gasteiger partial charge in [-0.3, -0.25) is 0 Å². The first-order chi connectivity index (χ1) is 9.58. The number of aromatic hydroxyl groups is 1. The molecule has 0 amide bonds. The van der Waals surface area contributed by atoms with Crippen LogP contribution in [0.25, 0.3) is 0 Å². The molecule has 0 unspecified atom stereocenters. The Labute approximate surface area is 128 Å². The average Bonchev–Trinajstić information content (AvgIpc) is 2.43. The molecular formula is C15H15ClN2OS. The van der Waals surface area contributed by atoms with E-state index in [0.717, 1.165) is 12.1 Å². The van der Waals surface area contributed by atoms with Crippen molar-refractivity contribution in [3.8, 4) is 5.75 Å². The molecule has 0 aromatic heterocycles. The largest absolute Gasteiger partial charge is 0.506 e. The molecule has 0 saturated heterocycles. The normalized spacial score (nSPS) is 10.1. The van der Waals surface area contributed by atoms with Crippen molar-refractivity contribution in [1.29, 1.82) is 0 Å². The second-order valence-corrected chi connectivity index (χ2v) is 5.14. The molecule has 0 spiro atoms. The third-order valence-corrected chi connectivity index (χ3v) is 3.27. The average molecular weight is 307 g/mol. The van der Waals surface area contributed by atoms with Crippen LogP contribution in [0, 0.1) is 0 Å². The van der Waals surface area contributed by atoms with Crippen LogP contribution in [-0.4, -0.2) is 10.2 Å². The van der Waals surface area contributed by atoms with E-state index in [0.29, 0.717) is 15.8 Å². The second-order valence-electron chi connectivity index (χ2n) is 4.29. The molecule has 2 aromatic rings. The van der Waals surface area contributed by atoms with Crippen LogP contribution in [0.1, 0.15) is 12.5 Å². The molecule has 0 aliphatic carbocycles. The van der Waals surface area contributed by atoms with Gasteiger partial charge in [0.1, 0.15) is 5.75 Å². The van der Waals surface area contributed by atoms with Gasteiger partial charge in [-0.1, -0.05) is 30.7 Å². The van der Waals surface area contributed by atoms with Gasteiger partial charge in [0, 0.05) is 10.7 Å². The SMILES string of the molecule is CCc1ccc(NC(=S)Nc2cc(Cl)ccc2O)cc1. The van der Waals surface area contributed by atoms with Crippen molar-refractivity contribution in [2.45, 2.75) is 13.3 Å². The highest BCUT2D eigenvalue weighted by molar-refractivity contribution is 7.80. The first-order valence-corrected chi connectivity index (χ1v) is 7.02. The van der Waals surface area contributed by atoms with E-state index in [9.17, 15) is 5.11 Å². The number of hydrogen-bond donors (Lipinski definition) is 3. The molecule has 0 fully saturated rings. The third-order valence-electron chi connectivity index (χ3n) is 2.83. The molecule has 20 heavy (non-hydrogen) atoms. The van der Waals surface area contributed by atoms with E-state index in [-0.39, 0.29) is 5.75 Å². The minimum Gasteiger partial charge on any atom is -0.506 e. The number of anilines is 2. The van der Waals surface area contributed by atoms with E-state index < -0.39 is 0 Å². The number of thiocarbonyl (C=S) groups is 1. The number of nitrogens with one attached hydrogen (secondary N) is 2. The van der Waals surface area contributed by atoms with Gasteiger partial charge in [-0.15, -0.1) is 0 Å². The molecule has 0 aliphatic rings. The highest BCUT2D eigenvalue weighted by Crippen LogP contribution is 2.26. The fourth-order valence-electron chi connectivity index (χ4n) is 1.72. The number of aryl methyl sites for hydroxylation is 1. The van der Waals surface area contributed by atoms with Crippen molar-refractivity contribution in [3.05, 3.63) is 53.1 Å². The Balaban J connectivity index is 2.03. The third kappa shape index (κ3) is 3.85. The summed E-state index contributed by atoms with van der Waals surface area (Å²) in [6, 6.07) is 12.8. The minimum absolute atomic E-state index is 0.0971. The first-order valence-electron chi connectivity index (χ1n) is 6.24. The molecule has 0 radical (unpaired) electrons. The lowest BCUT2D eigenvalue weighted by Gasteiger charge is -2.12. The van der Waals surface area contributed by atoms with Crippen molar-refractivity contribution in [2.75, 3.05) is 10.6 Å². The van der Waals surface area contributed by atoms with Crippen molar-refractivity contribution in [1.82, 2.24) is 0 Å². The van der Waals surface area contributed by atoms with Crippen molar-refractivity contribution < 1.29 is 5.11 Å². The first kappa shape index (κ1) is 14.6. The molecule has 3 nitrogen and oxygen atoms in total. The molecule has 5 heteroatoms. The molecule has 0 aliphatic heterocycles. The maximum atomic E-state index is 9.71. The maximum absolute atomic E-state index is 9.71. The second kappa shape index (κ2) is 6.59. The van der Waals surface area contributed by atoms with Crippen LogP contribution < -0.4 is 10.6 Å². The fraction of sp³-hybridized carbons (Fsp3) is 0.133. The highest BCUT2D eigenvalue weighted by atomic mass is 35.5. The van der Waals surface area contributed by atoms with Gasteiger partial charge < -0.3 is 15.7 Å². The van der Waals surface area contributed by atoms with Gasteiger partial charge in [0.2, 0.25) is 0 Å². The number of phenolic OH excluding ortho intramolecular Hbond substituents is 1. The molecule has 0 saturated carbocycles. The Kier molecular flexibility index (Phi) is 4.82. The Morgan fingerprint density at radius 1 is 1.15 bits per heavy atom. The lowest BCUT2D eigenvalue weighted by atomic mass is 10.1. The lowest BCUT2D eigenvalue weighted by molar-refractivity contribution is 0.478. The zero-order chi connectivity index (χ0) is 14.5. The van der Waals surface area contributed by atoms with E-state index in [1.807, 2.05) is 24.3 Å². The van der Waals surface area contributed by atoms with E-state index in [1.54, 1.807) is 12.1 Å². The summed E-state index contributed by atoms with van der Waals surface area (Å²) in [6.45, 7) is 2.11. The number of hydrogen-bond acceptors (Lipinski definition) is 2. The van der Waals surface area contributed by atoms with E-state index >= 15 is 0 Å². The van der Waals surface area contributed by atoms with Crippen LogP contribution in [0.2, 0.25) is 5.02 Å². The Morgan fingerprint density at radius 3 is 2.50 bits per heavy atom. The summed E-state index contributed by atoms with van der Waals surface area (Å²) in [5, 5.41) is 16.6. The topological polar surface area (TPSA) is 44.3 Å². The van der Waals surface area contributed by atoms with Gasteiger partial charge in [-0.05, 0) is 54.5 Å². The molecule has 0 heterocycles. The summed E-state index contributed by atoms with van der Waals surface area (Å²) in [7, 11) is 0. The van der Waals surface area contributed by atoms with E-state index in [4.69, 9.17) is 23.8 Å². The highest BCUT2D eigenvalue weighted by Gasteiger charge is 2.04. The molecule has 3 N–H and O–H groups in total. The van der Waals surface area contributed by atoms with Crippen LogP contribution in [0.3, 0.4) is 0 Å². The summed E-state index contributed by atoms with van der Waals surface area (Å²) in [5.74, 6) is 0.0971. The lowest BCUT2D eigenvalue weighted by Crippen LogP contribution is -2.19. The zero-order valence-corrected chi connectivity index (χ0v) is 12.6. The molecule has 2 aromatic carbocycles. The summed E-state index contributed by atoms with van der Waals surface area (Å²) < 4.78 is 0. The van der Waals surface area contributed by atoms with E-state index in [1.165, 1.54) is 11.6 Å². The van der Waals surface area contributed by atoms with Crippen LogP contribution >= 0.6 is 23.8 Å². The van der Waals surface area contributed by atoms with Crippen LogP contribution in [0.5, 0.6) is 5.75 Å². The van der Waals surface area contributed by atoms with Gasteiger partial charge in [-0.25, -0.2) is 0 Å². The van der Waals surface area contributed by atoms with Gasteiger partial charge >= 0.3 is 0 Å². The maximum Gasteiger partial charge on any atom is 0.175 e. The van der Waals surface area contributed by atoms with Crippen molar-refractivity contribution in [3.63, 3.8) is 0 Å². The summed E-state index contributed by atoms with van der Waals surface area (Å²) in [4.78, 5) is 0. The molecule has 104 valence electrons. The Hall–Kier alpha value is -1.78.